The summed E-state index contributed by atoms with van der Waals surface area (Å²) in [7, 11) is 0. The maximum absolute atomic E-state index is 3.04. The first-order valence-electron chi connectivity index (χ1n) is 4.78. The maximum Gasteiger partial charge on any atom is -0.0184 e. The van der Waals surface area contributed by atoms with Gasteiger partial charge in [-0.1, -0.05) is 51.0 Å². The molecule has 0 heterocycles. The zero-order valence-electron chi connectivity index (χ0n) is 8.01. The molecule has 0 saturated heterocycles. The summed E-state index contributed by atoms with van der Waals surface area (Å²) in [5.41, 5.74) is 1.44. The molecule has 12 heavy (non-hydrogen) atoms. The summed E-state index contributed by atoms with van der Waals surface area (Å²) in [5, 5.41) is 0. The normalized spacial score (nSPS) is 12.8. The van der Waals surface area contributed by atoms with Crippen molar-refractivity contribution in [2.45, 2.75) is 33.1 Å². The Morgan fingerprint density at radius 3 is 2.58 bits per heavy atom. The van der Waals surface area contributed by atoms with E-state index in [0.717, 1.165) is 5.92 Å². The van der Waals surface area contributed by atoms with Crippen molar-refractivity contribution >= 4 is 0 Å². The van der Waals surface area contributed by atoms with Gasteiger partial charge in [0.15, 0.2) is 0 Å². The minimum absolute atomic E-state index is 0.817. The van der Waals surface area contributed by atoms with E-state index in [-0.39, 0.29) is 0 Å². The highest BCUT2D eigenvalue weighted by molar-refractivity contribution is 5.14. The van der Waals surface area contributed by atoms with Crippen LogP contribution in [0.2, 0.25) is 0 Å². The lowest BCUT2D eigenvalue weighted by Crippen LogP contribution is -1.98. The van der Waals surface area contributed by atoms with Gasteiger partial charge < -0.3 is 0 Å². The molecule has 1 atom stereocenters. The molecule has 1 rings (SSSR count). The van der Waals surface area contributed by atoms with Crippen LogP contribution in [0, 0.1) is 12.0 Å². The second kappa shape index (κ2) is 4.97. The van der Waals surface area contributed by atoms with E-state index in [4.69, 9.17) is 0 Å². The maximum atomic E-state index is 3.04. The molecule has 65 valence electrons. The largest absolute Gasteiger partial charge is 0.0654 e. The summed E-state index contributed by atoms with van der Waals surface area (Å²) in [6.45, 7) is 4.56. The van der Waals surface area contributed by atoms with E-state index in [2.05, 4.69) is 32.0 Å². The molecule has 0 aliphatic heterocycles. The highest BCUT2D eigenvalue weighted by Crippen LogP contribution is 2.12. The van der Waals surface area contributed by atoms with Gasteiger partial charge in [-0.2, -0.15) is 0 Å². The fraction of sp³-hybridized carbons (Fsp3) is 0.500. The van der Waals surface area contributed by atoms with Crippen molar-refractivity contribution in [2.24, 2.45) is 5.92 Å². The summed E-state index contributed by atoms with van der Waals surface area (Å²) < 4.78 is 0. The van der Waals surface area contributed by atoms with Gasteiger partial charge in [0.25, 0.3) is 0 Å². The predicted octanol–water partition coefficient (Wildman–Crippen LogP) is 3.47. The Morgan fingerprint density at radius 2 is 2.00 bits per heavy atom. The van der Waals surface area contributed by atoms with E-state index in [1.54, 1.807) is 0 Å². The van der Waals surface area contributed by atoms with Crippen molar-refractivity contribution in [3.05, 3.63) is 35.9 Å². The van der Waals surface area contributed by atoms with Gasteiger partial charge in [0.2, 0.25) is 0 Å². The molecule has 0 aliphatic carbocycles. The van der Waals surface area contributed by atoms with Crippen molar-refractivity contribution in [1.82, 2.24) is 0 Å². The Balaban J connectivity index is 2.41. The smallest absolute Gasteiger partial charge is 0.0184 e. The van der Waals surface area contributed by atoms with Gasteiger partial charge in [0, 0.05) is 0 Å². The standard InChI is InChI=1S/C12H17/c1-3-7-11(2)10-12-8-5-4-6-9-12/h5-6,8-9,11H,3,7,10H2,1-2H3. The van der Waals surface area contributed by atoms with Crippen LogP contribution in [-0.2, 0) is 6.42 Å². The lowest BCUT2D eigenvalue weighted by Gasteiger charge is -2.08. The van der Waals surface area contributed by atoms with Crippen molar-refractivity contribution in [2.75, 3.05) is 0 Å². The van der Waals surface area contributed by atoms with Crippen LogP contribution in [0.25, 0.3) is 0 Å². The van der Waals surface area contributed by atoms with Gasteiger partial charge in [-0.25, -0.2) is 0 Å². The first-order valence-corrected chi connectivity index (χ1v) is 4.78. The highest BCUT2D eigenvalue weighted by Gasteiger charge is 2.00. The zero-order chi connectivity index (χ0) is 8.81. The fourth-order valence-electron chi connectivity index (χ4n) is 1.55. The molecule has 0 aliphatic rings. The van der Waals surface area contributed by atoms with E-state index < -0.39 is 0 Å². The van der Waals surface area contributed by atoms with E-state index in [1.165, 1.54) is 24.8 Å². The van der Waals surface area contributed by atoms with Crippen LogP contribution in [0.3, 0.4) is 0 Å². The fourth-order valence-corrected chi connectivity index (χ4v) is 1.55. The summed E-state index contributed by atoms with van der Waals surface area (Å²) in [6.07, 6.45) is 3.83. The average molecular weight is 161 g/mol. The third-order valence-corrected chi connectivity index (χ3v) is 2.15. The molecule has 0 amide bonds. The Labute approximate surface area is 75.6 Å². The van der Waals surface area contributed by atoms with E-state index in [1.807, 2.05) is 12.1 Å². The van der Waals surface area contributed by atoms with E-state index in [9.17, 15) is 0 Å². The average Bonchev–Trinajstić information content (AvgIpc) is 2.06. The number of benzene rings is 1. The Kier molecular flexibility index (Phi) is 3.86. The third-order valence-electron chi connectivity index (χ3n) is 2.15. The van der Waals surface area contributed by atoms with Gasteiger partial charge in [0.05, 0.1) is 0 Å². The van der Waals surface area contributed by atoms with Crippen LogP contribution >= 0.6 is 0 Å². The van der Waals surface area contributed by atoms with Crippen LogP contribution in [0.1, 0.15) is 32.3 Å². The van der Waals surface area contributed by atoms with Crippen LogP contribution in [0.4, 0.5) is 0 Å². The van der Waals surface area contributed by atoms with E-state index >= 15 is 0 Å². The molecule has 0 spiro atoms. The number of hydrogen-bond acceptors (Lipinski definition) is 0. The van der Waals surface area contributed by atoms with Crippen molar-refractivity contribution in [1.29, 1.82) is 0 Å². The third kappa shape index (κ3) is 3.08. The quantitative estimate of drug-likeness (QED) is 0.634. The first kappa shape index (κ1) is 9.31. The van der Waals surface area contributed by atoms with Crippen LogP contribution < -0.4 is 0 Å². The summed E-state index contributed by atoms with van der Waals surface area (Å²) in [4.78, 5) is 0. The molecule has 0 fully saturated rings. The van der Waals surface area contributed by atoms with Gasteiger partial charge in [0.1, 0.15) is 0 Å². The Hall–Kier alpha value is -0.780. The molecule has 1 aromatic rings. The van der Waals surface area contributed by atoms with Crippen LogP contribution in [0.15, 0.2) is 24.3 Å². The SMILES string of the molecule is CCCC(C)Cc1cc[c]cc1. The molecule has 0 bridgehead atoms. The molecule has 0 N–H and O–H groups in total. The highest BCUT2D eigenvalue weighted by atomic mass is 14.1. The van der Waals surface area contributed by atoms with Gasteiger partial charge in [-0.3, -0.25) is 0 Å². The lowest BCUT2D eigenvalue weighted by molar-refractivity contribution is 0.522. The Morgan fingerprint density at radius 1 is 1.33 bits per heavy atom. The van der Waals surface area contributed by atoms with Crippen molar-refractivity contribution in [3.8, 4) is 0 Å². The van der Waals surface area contributed by atoms with Gasteiger partial charge in [-0.05, 0) is 24.0 Å². The molecule has 1 unspecified atom stereocenters. The lowest BCUT2D eigenvalue weighted by atomic mass is 9.97. The molecular formula is C12H17. The van der Waals surface area contributed by atoms with E-state index in [0.29, 0.717) is 0 Å². The molecule has 0 nitrogen and oxygen atoms in total. The minimum Gasteiger partial charge on any atom is -0.0654 e. The Bertz CT molecular complexity index is 201. The first-order chi connectivity index (χ1) is 5.83. The number of hydrogen-bond donors (Lipinski definition) is 0. The second-order valence-corrected chi connectivity index (χ2v) is 3.51. The minimum atomic E-state index is 0.817. The molecule has 1 radical (unpaired) electrons. The van der Waals surface area contributed by atoms with Crippen LogP contribution in [0.5, 0.6) is 0 Å². The summed E-state index contributed by atoms with van der Waals surface area (Å²) >= 11 is 0. The summed E-state index contributed by atoms with van der Waals surface area (Å²) in [5.74, 6) is 0.817. The van der Waals surface area contributed by atoms with Crippen molar-refractivity contribution < 1.29 is 0 Å². The monoisotopic (exact) mass is 161 g/mol. The van der Waals surface area contributed by atoms with Crippen molar-refractivity contribution in [3.63, 3.8) is 0 Å². The van der Waals surface area contributed by atoms with Gasteiger partial charge in [-0.15, -0.1) is 0 Å². The molecule has 1 aromatic carbocycles. The molecule has 0 aromatic heterocycles. The zero-order valence-corrected chi connectivity index (χ0v) is 8.01. The van der Waals surface area contributed by atoms with Gasteiger partial charge >= 0.3 is 0 Å². The number of rotatable bonds is 4. The van der Waals surface area contributed by atoms with Crippen LogP contribution in [-0.4, -0.2) is 0 Å². The molecule has 0 heteroatoms. The molecular weight excluding hydrogens is 144 g/mol. The molecule has 0 saturated carbocycles. The topological polar surface area (TPSA) is 0 Å². The second-order valence-electron chi connectivity index (χ2n) is 3.51. The predicted molar refractivity (Wildman–Crippen MR) is 53.1 cm³/mol. The summed E-state index contributed by atoms with van der Waals surface area (Å²) in [6, 6.07) is 11.3.